The first kappa shape index (κ1) is 13.8. The highest BCUT2D eigenvalue weighted by molar-refractivity contribution is 6.32. The van der Waals surface area contributed by atoms with Crippen LogP contribution in [0.5, 0.6) is 5.75 Å². The molecule has 0 unspecified atom stereocenters. The highest BCUT2D eigenvalue weighted by Crippen LogP contribution is 2.25. The third-order valence-corrected chi connectivity index (χ3v) is 2.86. The average Bonchev–Trinajstić information content (AvgIpc) is 2.85. The van der Waals surface area contributed by atoms with Gasteiger partial charge in [0.05, 0.1) is 5.02 Å². The first-order chi connectivity index (χ1) is 9.19. The van der Waals surface area contributed by atoms with Gasteiger partial charge in [-0.3, -0.25) is 0 Å². The number of aryl methyl sites for hydroxylation is 1. The number of benzene rings is 1. The molecular weight excluding hydrogens is 266 g/mol. The van der Waals surface area contributed by atoms with Gasteiger partial charge in [0.1, 0.15) is 5.75 Å². The second kappa shape index (κ2) is 6.54. The van der Waals surface area contributed by atoms with E-state index in [4.69, 9.17) is 20.9 Å². The molecule has 5 nitrogen and oxygen atoms in total. The SMILES string of the molecule is CNCCc1noc(COc2cc(C)ccc2Cl)n1. The zero-order chi connectivity index (χ0) is 13.7. The lowest BCUT2D eigenvalue weighted by Gasteiger charge is -2.06. The first-order valence-electron chi connectivity index (χ1n) is 6.04. The monoisotopic (exact) mass is 281 g/mol. The molecule has 102 valence electrons. The van der Waals surface area contributed by atoms with E-state index in [1.807, 2.05) is 26.1 Å². The van der Waals surface area contributed by atoms with Gasteiger partial charge in [0.25, 0.3) is 5.89 Å². The van der Waals surface area contributed by atoms with Gasteiger partial charge in [-0.2, -0.15) is 4.98 Å². The number of hydrogen-bond donors (Lipinski definition) is 1. The third-order valence-electron chi connectivity index (χ3n) is 2.55. The molecule has 0 saturated heterocycles. The summed E-state index contributed by atoms with van der Waals surface area (Å²) in [5.41, 5.74) is 1.08. The minimum absolute atomic E-state index is 0.218. The van der Waals surface area contributed by atoms with Crippen molar-refractivity contribution in [2.45, 2.75) is 20.0 Å². The van der Waals surface area contributed by atoms with Crippen LogP contribution in [0, 0.1) is 6.92 Å². The Morgan fingerprint density at radius 3 is 3.05 bits per heavy atom. The van der Waals surface area contributed by atoms with Crippen LogP contribution in [0.15, 0.2) is 22.7 Å². The molecule has 0 amide bonds. The van der Waals surface area contributed by atoms with E-state index in [1.165, 1.54) is 0 Å². The van der Waals surface area contributed by atoms with Gasteiger partial charge in [0.15, 0.2) is 12.4 Å². The summed E-state index contributed by atoms with van der Waals surface area (Å²) in [7, 11) is 1.88. The molecule has 6 heteroatoms. The van der Waals surface area contributed by atoms with Crippen LogP contribution in [0.25, 0.3) is 0 Å². The van der Waals surface area contributed by atoms with E-state index < -0.39 is 0 Å². The zero-order valence-corrected chi connectivity index (χ0v) is 11.7. The second-order valence-corrected chi connectivity index (χ2v) is 4.59. The maximum atomic E-state index is 6.04. The zero-order valence-electron chi connectivity index (χ0n) is 10.9. The van der Waals surface area contributed by atoms with Crippen molar-refractivity contribution >= 4 is 11.6 Å². The molecule has 1 N–H and O–H groups in total. The summed E-state index contributed by atoms with van der Waals surface area (Å²) in [6, 6.07) is 5.61. The fraction of sp³-hybridized carbons (Fsp3) is 0.385. The van der Waals surface area contributed by atoms with Crippen LogP contribution >= 0.6 is 11.6 Å². The quantitative estimate of drug-likeness (QED) is 0.881. The van der Waals surface area contributed by atoms with E-state index in [0.29, 0.717) is 22.5 Å². The summed E-state index contributed by atoms with van der Waals surface area (Å²) in [5.74, 6) is 1.74. The van der Waals surface area contributed by atoms with Gasteiger partial charge >= 0.3 is 0 Å². The van der Waals surface area contributed by atoms with Crippen molar-refractivity contribution in [2.75, 3.05) is 13.6 Å². The molecule has 0 aliphatic carbocycles. The predicted octanol–water partition coefficient (Wildman–Crippen LogP) is 2.37. The van der Waals surface area contributed by atoms with E-state index in [9.17, 15) is 0 Å². The number of halogens is 1. The van der Waals surface area contributed by atoms with Crippen LogP contribution in [-0.4, -0.2) is 23.7 Å². The van der Waals surface area contributed by atoms with Crippen LogP contribution in [0.3, 0.4) is 0 Å². The van der Waals surface area contributed by atoms with Crippen LogP contribution < -0.4 is 10.1 Å². The smallest absolute Gasteiger partial charge is 0.264 e. The summed E-state index contributed by atoms with van der Waals surface area (Å²) in [6.45, 7) is 3.00. The molecule has 1 aromatic carbocycles. The molecule has 0 radical (unpaired) electrons. The summed E-state index contributed by atoms with van der Waals surface area (Å²) >= 11 is 6.04. The molecule has 19 heavy (non-hydrogen) atoms. The Bertz CT molecular complexity index is 542. The van der Waals surface area contributed by atoms with Gasteiger partial charge in [-0.05, 0) is 31.7 Å². The van der Waals surface area contributed by atoms with Crippen molar-refractivity contribution in [1.29, 1.82) is 0 Å². The van der Waals surface area contributed by atoms with Gasteiger partial charge in [-0.25, -0.2) is 0 Å². The van der Waals surface area contributed by atoms with Crippen molar-refractivity contribution < 1.29 is 9.26 Å². The van der Waals surface area contributed by atoms with Gasteiger partial charge < -0.3 is 14.6 Å². The summed E-state index contributed by atoms with van der Waals surface area (Å²) in [5, 5.41) is 7.46. The largest absolute Gasteiger partial charge is 0.482 e. The Balaban J connectivity index is 1.94. The van der Waals surface area contributed by atoms with Gasteiger partial charge in [0.2, 0.25) is 0 Å². The average molecular weight is 282 g/mol. The van der Waals surface area contributed by atoms with Crippen molar-refractivity contribution in [3.8, 4) is 5.75 Å². The fourth-order valence-corrected chi connectivity index (χ4v) is 1.72. The number of hydrogen-bond acceptors (Lipinski definition) is 5. The van der Waals surface area contributed by atoms with E-state index in [0.717, 1.165) is 18.5 Å². The second-order valence-electron chi connectivity index (χ2n) is 4.18. The molecule has 0 spiro atoms. The lowest BCUT2D eigenvalue weighted by molar-refractivity contribution is 0.242. The normalized spacial score (nSPS) is 10.7. The number of aromatic nitrogens is 2. The summed E-state index contributed by atoms with van der Waals surface area (Å²) in [6.07, 6.45) is 0.727. The van der Waals surface area contributed by atoms with Crippen LogP contribution in [0.1, 0.15) is 17.3 Å². The van der Waals surface area contributed by atoms with Gasteiger partial charge in [0, 0.05) is 13.0 Å². The third kappa shape index (κ3) is 3.94. The molecule has 0 saturated carbocycles. The maximum Gasteiger partial charge on any atom is 0.264 e. The highest BCUT2D eigenvalue weighted by atomic mass is 35.5. The van der Waals surface area contributed by atoms with Crippen LogP contribution in [0.4, 0.5) is 0 Å². The Kier molecular flexibility index (Phi) is 4.76. The topological polar surface area (TPSA) is 60.2 Å². The Morgan fingerprint density at radius 1 is 1.42 bits per heavy atom. The van der Waals surface area contributed by atoms with Crippen molar-refractivity contribution in [1.82, 2.24) is 15.5 Å². The Labute approximate surface area is 116 Å². The van der Waals surface area contributed by atoms with E-state index in [1.54, 1.807) is 6.07 Å². The lowest BCUT2D eigenvalue weighted by atomic mass is 10.2. The fourth-order valence-electron chi connectivity index (χ4n) is 1.55. The number of likely N-dealkylation sites (N-methyl/N-ethyl adjacent to an activating group) is 1. The number of nitrogens with one attached hydrogen (secondary N) is 1. The first-order valence-corrected chi connectivity index (χ1v) is 6.42. The van der Waals surface area contributed by atoms with Gasteiger partial charge in [-0.15, -0.1) is 0 Å². The highest BCUT2D eigenvalue weighted by Gasteiger charge is 2.08. The molecule has 0 aliphatic heterocycles. The molecule has 0 aliphatic rings. The number of rotatable bonds is 6. The molecule has 1 heterocycles. The number of ether oxygens (including phenoxy) is 1. The summed E-state index contributed by atoms with van der Waals surface area (Å²) < 4.78 is 10.7. The molecular formula is C13H16ClN3O2. The van der Waals surface area contributed by atoms with Crippen molar-refractivity contribution in [3.05, 3.63) is 40.5 Å². The molecule has 2 rings (SSSR count). The standard InChI is InChI=1S/C13H16ClN3O2/c1-9-3-4-10(14)11(7-9)18-8-13-16-12(17-19-13)5-6-15-2/h3-4,7,15H,5-6,8H2,1-2H3. The number of nitrogens with zero attached hydrogens (tertiary/aromatic N) is 2. The maximum absolute atomic E-state index is 6.04. The van der Waals surface area contributed by atoms with Crippen molar-refractivity contribution in [3.63, 3.8) is 0 Å². The lowest BCUT2D eigenvalue weighted by Crippen LogP contribution is -2.11. The predicted molar refractivity (Wildman–Crippen MR) is 72.4 cm³/mol. The minimum atomic E-state index is 0.218. The van der Waals surface area contributed by atoms with E-state index >= 15 is 0 Å². The summed E-state index contributed by atoms with van der Waals surface area (Å²) in [4.78, 5) is 4.23. The Morgan fingerprint density at radius 2 is 2.26 bits per heavy atom. The molecule has 1 aromatic heterocycles. The Hall–Kier alpha value is -1.59. The van der Waals surface area contributed by atoms with Crippen molar-refractivity contribution in [2.24, 2.45) is 0 Å². The van der Waals surface area contributed by atoms with Crippen LogP contribution in [0.2, 0.25) is 5.02 Å². The van der Waals surface area contributed by atoms with Gasteiger partial charge in [-0.1, -0.05) is 22.8 Å². The molecule has 0 bridgehead atoms. The molecule has 0 fully saturated rings. The van der Waals surface area contributed by atoms with E-state index in [2.05, 4.69) is 15.5 Å². The molecule has 0 atom stereocenters. The minimum Gasteiger partial charge on any atom is -0.482 e. The van der Waals surface area contributed by atoms with Crippen LogP contribution in [-0.2, 0) is 13.0 Å². The van der Waals surface area contributed by atoms with E-state index in [-0.39, 0.29) is 6.61 Å². The molecule has 2 aromatic rings.